The van der Waals surface area contributed by atoms with Crippen LogP contribution >= 0.6 is 0 Å². The molecule has 94 valence electrons. The normalized spacial score (nSPS) is 30.9. The van der Waals surface area contributed by atoms with E-state index >= 15 is 0 Å². The minimum atomic E-state index is 0.475. The van der Waals surface area contributed by atoms with Gasteiger partial charge in [-0.25, -0.2) is 0 Å². The molecule has 1 aliphatic heterocycles. The van der Waals surface area contributed by atoms with Crippen LogP contribution in [0.4, 0.5) is 0 Å². The Bertz CT molecular complexity index is 206. The Kier molecular flexibility index (Phi) is 4.62. The molecule has 2 fully saturated rings. The molecule has 2 aliphatic rings. The molecule has 3 nitrogen and oxygen atoms in total. The van der Waals surface area contributed by atoms with E-state index in [9.17, 15) is 0 Å². The molecule has 0 amide bonds. The van der Waals surface area contributed by atoms with Crippen molar-refractivity contribution < 1.29 is 4.74 Å². The molecule has 2 N–H and O–H groups in total. The van der Waals surface area contributed by atoms with Gasteiger partial charge in [-0.15, -0.1) is 0 Å². The quantitative estimate of drug-likeness (QED) is 0.750. The Hall–Kier alpha value is -0.120. The van der Waals surface area contributed by atoms with Crippen LogP contribution in [0.3, 0.4) is 0 Å². The van der Waals surface area contributed by atoms with E-state index in [0.717, 1.165) is 32.1 Å². The largest absolute Gasteiger partial charge is 0.374 e. The van der Waals surface area contributed by atoms with Gasteiger partial charge in [0.05, 0.1) is 12.2 Å². The van der Waals surface area contributed by atoms with Gasteiger partial charge < -0.3 is 10.5 Å². The molecule has 2 unspecified atom stereocenters. The van der Waals surface area contributed by atoms with Gasteiger partial charge in [0.1, 0.15) is 0 Å². The Morgan fingerprint density at radius 1 is 1.25 bits per heavy atom. The second kappa shape index (κ2) is 5.99. The summed E-state index contributed by atoms with van der Waals surface area (Å²) in [6, 6.07) is 0.825. The van der Waals surface area contributed by atoms with E-state index in [1.165, 1.54) is 32.1 Å². The molecule has 0 spiro atoms. The Balaban J connectivity index is 1.76. The average Bonchev–Trinajstić information content (AvgIpc) is 2.58. The molecule has 2 rings (SSSR count). The van der Waals surface area contributed by atoms with Crippen LogP contribution in [0.2, 0.25) is 0 Å². The lowest BCUT2D eigenvalue weighted by molar-refractivity contribution is 0.00994. The van der Waals surface area contributed by atoms with Crippen molar-refractivity contribution in [3.8, 4) is 0 Å². The van der Waals surface area contributed by atoms with Crippen LogP contribution in [0, 0.1) is 0 Å². The average molecular weight is 226 g/mol. The zero-order chi connectivity index (χ0) is 11.4. The molecule has 0 bridgehead atoms. The number of ether oxygens (including phenoxy) is 1. The highest BCUT2D eigenvalue weighted by molar-refractivity contribution is 4.83. The van der Waals surface area contributed by atoms with Crippen molar-refractivity contribution in [2.45, 2.75) is 63.7 Å². The first-order chi connectivity index (χ1) is 7.79. The summed E-state index contributed by atoms with van der Waals surface area (Å²) in [5, 5.41) is 0. The van der Waals surface area contributed by atoms with E-state index in [2.05, 4.69) is 11.8 Å². The molecule has 1 saturated carbocycles. The molecule has 1 heterocycles. The third-order valence-corrected chi connectivity index (χ3v) is 4.00. The molecule has 1 saturated heterocycles. The summed E-state index contributed by atoms with van der Waals surface area (Å²) in [5.74, 6) is 0. The summed E-state index contributed by atoms with van der Waals surface area (Å²) in [6.07, 6.45) is 8.73. The van der Waals surface area contributed by atoms with Gasteiger partial charge in [0, 0.05) is 12.6 Å². The van der Waals surface area contributed by atoms with Gasteiger partial charge in [0.15, 0.2) is 0 Å². The van der Waals surface area contributed by atoms with Gasteiger partial charge in [-0.1, -0.05) is 6.42 Å². The van der Waals surface area contributed by atoms with Crippen LogP contribution in [0.15, 0.2) is 0 Å². The van der Waals surface area contributed by atoms with Crippen LogP contribution < -0.4 is 5.73 Å². The Labute approximate surface area is 99.3 Å². The topological polar surface area (TPSA) is 38.5 Å². The van der Waals surface area contributed by atoms with E-state index in [1.807, 2.05) is 0 Å². The van der Waals surface area contributed by atoms with E-state index in [4.69, 9.17) is 10.5 Å². The van der Waals surface area contributed by atoms with Crippen LogP contribution in [0.25, 0.3) is 0 Å². The molecule has 2 atom stereocenters. The lowest BCUT2D eigenvalue weighted by atomic mass is 9.91. The third kappa shape index (κ3) is 3.19. The lowest BCUT2D eigenvalue weighted by Gasteiger charge is -2.38. The molecule has 0 aromatic carbocycles. The van der Waals surface area contributed by atoms with Crippen molar-refractivity contribution in [3.05, 3.63) is 0 Å². The van der Waals surface area contributed by atoms with Crippen molar-refractivity contribution >= 4 is 0 Å². The van der Waals surface area contributed by atoms with Crippen LogP contribution in [0.5, 0.6) is 0 Å². The molecule has 0 aromatic heterocycles. The second-order valence-electron chi connectivity index (χ2n) is 5.37. The highest BCUT2D eigenvalue weighted by atomic mass is 16.5. The van der Waals surface area contributed by atoms with E-state index in [0.29, 0.717) is 12.2 Å². The Morgan fingerprint density at radius 2 is 2.06 bits per heavy atom. The summed E-state index contributed by atoms with van der Waals surface area (Å²) < 4.78 is 5.92. The van der Waals surface area contributed by atoms with Crippen LogP contribution in [0.1, 0.15) is 45.4 Å². The van der Waals surface area contributed by atoms with Crippen molar-refractivity contribution in [1.82, 2.24) is 4.90 Å². The van der Waals surface area contributed by atoms with Crippen LogP contribution in [-0.4, -0.2) is 42.8 Å². The van der Waals surface area contributed by atoms with Crippen molar-refractivity contribution in [3.63, 3.8) is 0 Å². The van der Waals surface area contributed by atoms with Gasteiger partial charge >= 0.3 is 0 Å². The second-order valence-corrected chi connectivity index (χ2v) is 5.37. The third-order valence-electron chi connectivity index (χ3n) is 4.00. The van der Waals surface area contributed by atoms with Gasteiger partial charge in [-0.3, -0.25) is 4.90 Å². The van der Waals surface area contributed by atoms with Gasteiger partial charge in [0.25, 0.3) is 0 Å². The minimum absolute atomic E-state index is 0.475. The maximum absolute atomic E-state index is 5.92. The summed E-state index contributed by atoms with van der Waals surface area (Å²) in [5.41, 5.74) is 5.61. The standard InChI is InChI=1S/C13H26N2O/c1-11-6-7-13(16-11)10-15(9-3-8-14)12-4-2-5-12/h11-13H,2-10,14H2,1H3. The number of hydrogen-bond acceptors (Lipinski definition) is 3. The number of nitrogens with two attached hydrogens (primary N) is 1. The molecule has 0 radical (unpaired) electrons. The molecule has 1 aliphatic carbocycles. The fraction of sp³-hybridized carbons (Fsp3) is 1.00. The fourth-order valence-electron chi connectivity index (χ4n) is 2.75. The first kappa shape index (κ1) is 12.3. The Morgan fingerprint density at radius 3 is 2.56 bits per heavy atom. The number of hydrogen-bond donors (Lipinski definition) is 1. The maximum atomic E-state index is 5.92. The predicted molar refractivity (Wildman–Crippen MR) is 66.5 cm³/mol. The van der Waals surface area contributed by atoms with E-state index < -0.39 is 0 Å². The molecule has 0 aromatic rings. The van der Waals surface area contributed by atoms with Crippen molar-refractivity contribution in [1.29, 1.82) is 0 Å². The molecular weight excluding hydrogens is 200 g/mol. The molecule has 3 heteroatoms. The highest BCUT2D eigenvalue weighted by Gasteiger charge is 2.29. The van der Waals surface area contributed by atoms with Gasteiger partial charge in [-0.2, -0.15) is 0 Å². The molecule has 16 heavy (non-hydrogen) atoms. The zero-order valence-electron chi connectivity index (χ0n) is 10.5. The lowest BCUT2D eigenvalue weighted by Crippen LogP contribution is -2.45. The van der Waals surface area contributed by atoms with Crippen molar-refractivity contribution in [2.75, 3.05) is 19.6 Å². The zero-order valence-corrected chi connectivity index (χ0v) is 10.5. The summed E-state index contributed by atoms with van der Waals surface area (Å²) in [7, 11) is 0. The summed E-state index contributed by atoms with van der Waals surface area (Å²) in [4.78, 5) is 2.62. The first-order valence-electron chi connectivity index (χ1n) is 6.89. The van der Waals surface area contributed by atoms with E-state index in [-0.39, 0.29) is 0 Å². The number of nitrogens with zero attached hydrogens (tertiary/aromatic N) is 1. The SMILES string of the molecule is CC1CCC(CN(CCCN)C2CCC2)O1. The van der Waals surface area contributed by atoms with Gasteiger partial charge in [0.2, 0.25) is 0 Å². The highest BCUT2D eigenvalue weighted by Crippen LogP contribution is 2.27. The fourth-order valence-corrected chi connectivity index (χ4v) is 2.75. The van der Waals surface area contributed by atoms with Gasteiger partial charge in [-0.05, 0) is 52.1 Å². The first-order valence-corrected chi connectivity index (χ1v) is 6.89. The maximum Gasteiger partial charge on any atom is 0.0706 e. The summed E-state index contributed by atoms with van der Waals surface area (Å²) >= 11 is 0. The monoisotopic (exact) mass is 226 g/mol. The smallest absolute Gasteiger partial charge is 0.0706 e. The predicted octanol–water partition coefficient (Wildman–Crippen LogP) is 1.76. The van der Waals surface area contributed by atoms with Crippen LogP contribution in [-0.2, 0) is 4.74 Å². The molecular formula is C13H26N2O. The minimum Gasteiger partial charge on any atom is -0.374 e. The van der Waals surface area contributed by atoms with Crippen molar-refractivity contribution in [2.24, 2.45) is 5.73 Å². The van der Waals surface area contributed by atoms with E-state index in [1.54, 1.807) is 0 Å². The number of rotatable bonds is 6. The summed E-state index contributed by atoms with van der Waals surface area (Å²) in [6.45, 7) is 5.29.